The number of rotatable bonds is 3. The number of hydrogen-bond acceptors (Lipinski definition) is 5. The van der Waals surface area contributed by atoms with E-state index in [4.69, 9.17) is 4.98 Å². The number of hydrogen-bond donors (Lipinski definition) is 0. The predicted molar refractivity (Wildman–Crippen MR) is 102 cm³/mol. The van der Waals surface area contributed by atoms with Crippen LogP contribution in [0.15, 0.2) is 28.9 Å². The SMILES string of the molecule is Cc1cc(N2CC3CN(c4ccc(Br)cn4)CC3C2)nc(C2CC2)n1. The summed E-state index contributed by atoms with van der Waals surface area (Å²) in [5, 5.41) is 0. The second kappa shape index (κ2) is 5.94. The van der Waals surface area contributed by atoms with Gasteiger partial charge in [0.05, 0.1) is 0 Å². The van der Waals surface area contributed by atoms with Crippen molar-refractivity contribution >= 4 is 27.6 Å². The van der Waals surface area contributed by atoms with Crippen molar-refractivity contribution in [3.05, 3.63) is 40.4 Å². The van der Waals surface area contributed by atoms with Crippen molar-refractivity contribution in [2.75, 3.05) is 36.0 Å². The lowest BCUT2D eigenvalue weighted by Crippen LogP contribution is -2.29. The second-order valence-corrected chi connectivity index (χ2v) is 8.58. The molecule has 3 aliphatic rings. The van der Waals surface area contributed by atoms with Gasteiger partial charge in [0.15, 0.2) is 0 Å². The highest BCUT2D eigenvalue weighted by molar-refractivity contribution is 9.10. The third-order valence-corrected chi connectivity index (χ3v) is 6.12. The van der Waals surface area contributed by atoms with E-state index in [0.29, 0.717) is 17.8 Å². The quantitative estimate of drug-likeness (QED) is 0.791. The molecule has 0 N–H and O–H groups in total. The molecule has 3 fully saturated rings. The summed E-state index contributed by atoms with van der Waals surface area (Å²) < 4.78 is 1.03. The van der Waals surface area contributed by atoms with Crippen molar-refractivity contribution in [3.8, 4) is 0 Å². The molecule has 2 aromatic rings. The van der Waals surface area contributed by atoms with Crippen LogP contribution < -0.4 is 9.80 Å². The fraction of sp³-hybridized carbons (Fsp3) is 0.526. The summed E-state index contributed by atoms with van der Waals surface area (Å²) >= 11 is 3.46. The predicted octanol–water partition coefficient (Wildman–Crippen LogP) is 3.39. The molecular formula is C19H22BrN5. The lowest BCUT2D eigenvalue weighted by Gasteiger charge is -2.23. The minimum atomic E-state index is 0.611. The van der Waals surface area contributed by atoms with E-state index in [-0.39, 0.29) is 0 Å². The van der Waals surface area contributed by atoms with Crippen LogP contribution in [0, 0.1) is 18.8 Å². The first-order valence-electron chi connectivity index (χ1n) is 9.13. The van der Waals surface area contributed by atoms with Crippen LogP contribution in [0.3, 0.4) is 0 Å². The van der Waals surface area contributed by atoms with Gasteiger partial charge in [0.25, 0.3) is 0 Å². The maximum Gasteiger partial charge on any atom is 0.134 e. The minimum Gasteiger partial charge on any atom is -0.356 e. The number of halogens is 1. The molecule has 1 saturated carbocycles. The lowest BCUT2D eigenvalue weighted by molar-refractivity contribution is 0.533. The molecule has 0 radical (unpaired) electrons. The number of nitrogens with zero attached hydrogens (tertiary/aromatic N) is 5. The van der Waals surface area contributed by atoms with E-state index in [9.17, 15) is 0 Å². The van der Waals surface area contributed by atoms with Crippen LogP contribution in [-0.2, 0) is 0 Å². The molecule has 6 heteroatoms. The Balaban J connectivity index is 1.30. The van der Waals surface area contributed by atoms with Crippen molar-refractivity contribution in [1.82, 2.24) is 15.0 Å². The molecule has 2 atom stereocenters. The van der Waals surface area contributed by atoms with Crippen molar-refractivity contribution in [2.45, 2.75) is 25.7 Å². The Morgan fingerprint density at radius 2 is 1.64 bits per heavy atom. The molecule has 130 valence electrons. The highest BCUT2D eigenvalue weighted by atomic mass is 79.9. The van der Waals surface area contributed by atoms with Gasteiger partial charge >= 0.3 is 0 Å². The summed E-state index contributed by atoms with van der Waals surface area (Å²) in [5.41, 5.74) is 1.10. The van der Waals surface area contributed by atoms with Gasteiger partial charge in [0.1, 0.15) is 17.5 Å². The smallest absolute Gasteiger partial charge is 0.134 e. The molecule has 25 heavy (non-hydrogen) atoms. The molecule has 5 nitrogen and oxygen atoms in total. The van der Waals surface area contributed by atoms with E-state index in [1.54, 1.807) is 0 Å². The Morgan fingerprint density at radius 3 is 2.24 bits per heavy atom. The topological polar surface area (TPSA) is 45.2 Å². The van der Waals surface area contributed by atoms with Crippen LogP contribution in [0.4, 0.5) is 11.6 Å². The molecular weight excluding hydrogens is 378 g/mol. The standard InChI is InChI=1S/C19H22BrN5/c1-12-6-18(23-19(22-12)13-2-3-13)25-10-14-8-24(9-15(14)11-25)17-5-4-16(20)7-21-17/h4-7,13-15H,2-3,8-11H2,1H3. The van der Waals surface area contributed by atoms with Gasteiger partial charge in [-0.3, -0.25) is 0 Å². The minimum absolute atomic E-state index is 0.611. The molecule has 2 aromatic heterocycles. The third kappa shape index (κ3) is 3.01. The van der Waals surface area contributed by atoms with Gasteiger partial charge in [-0.1, -0.05) is 0 Å². The maximum absolute atomic E-state index is 4.88. The largest absolute Gasteiger partial charge is 0.356 e. The fourth-order valence-electron chi connectivity index (χ4n) is 4.18. The maximum atomic E-state index is 4.88. The number of aryl methyl sites for hydroxylation is 1. The van der Waals surface area contributed by atoms with Gasteiger partial charge < -0.3 is 9.80 Å². The molecule has 2 aliphatic heterocycles. The molecule has 0 amide bonds. The third-order valence-electron chi connectivity index (χ3n) is 5.65. The van der Waals surface area contributed by atoms with E-state index < -0.39 is 0 Å². The zero-order valence-electron chi connectivity index (χ0n) is 14.4. The normalized spacial score (nSPS) is 25.5. The van der Waals surface area contributed by atoms with Crippen molar-refractivity contribution in [1.29, 1.82) is 0 Å². The van der Waals surface area contributed by atoms with Gasteiger partial charge in [-0.2, -0.15) is 0 Å². The summed E-state index contributed by atoms with van der Waals surface area (Å²) in [6.45, 7) is 6.47. The Hall–Kier alpha value is -1.69. The molecule has 4 heterocycles. The Bertz CT molecular complexity index is 775. The molecule has 2 unspecified atom stereocenters. The summed E-state index contributed by atoms with van der Waals surface area (Å²) in [6.07, 6.45) is 4.39. The first-order chi connectivity index (χ1) is 12.2. The van der Waals surface area contributed by atoms with Crippen LogP contribution in [0.25, 0.3) is 0 Å². The second-order valence-electron chi connectivity index (χ2n) is 7.66. The average molecular weight is 400 g/mol. The molecule has 1 aliphatic carbocycles. The number of aromatic nitrogens is 3. The molecule has 0 aromatic carbocycles. The lowest BCUT2D eigenvalue weighted by atomic mass is 10.0. The van der Waals surface area contributed by atoms with Gasteiger partial charge in [-0.25, -0.2) is 15.0 Å². The Morgan fingerprint density at radius 1 is 0.960 bits per heavy atom. The van der Waals surface area contributed by atoms with Gasteiger partial charge in [0.2, 0.25) is 0 Å². The summed E-state index contributed by atoms with van der Waals surface area (Å²) in [4.78, 5) is 19.0. The van der Waals surface area contributed by atoms with Gasteiger partial charge in [0, 0.05) is 66.4 Å². The van der Waals surface area contributed by atoms with E-state index in [1.807, 2.05) is 6.20 Å². The zero-order chi connectivity index (χ0) is 17.0. The molecule has 2 saturated heterocycles. The van der Waals surface area contributed by atoms with Crippen molar-refractivity contribution in [2.24, 2.45) is 11.8 Å². The number of fused-ring (bicyclic) bond motifs is 1. The zero-order valence-corrected chi connectivity index (χ0v) is 16.0. The van der Waals surface area contributed by atoms with Crippen LogP contribution >= 0.6 is 15.9 Å². The number of pyridine rings is 1. The Kier molecular flexibility index (Phi) is 3.69. The fourth-order valence-corrected chi connectivity index (χ4v) is 4.42. The van der Waals surface area contributed by atoms with E-state index in [2.05, 4.69) is 60.8 Å². The van der Waals surface area contributed by atoms with Gasteiger partial charge in [-0.15, -0.1) is 0 Å². The highest BCUT2D eigenvalue weighted by Gasteiger charge is 2.41. The van der Waals surface area contributed by atoms with Gasteiger partial charge in [-0.05, 0) is 47.8 Å². The van der Waals surface area contributed by atoms with E-state index in [0.717, 1.165) is 53.8 Å². The number of anilines is 2. The summed E-state index contributed by atoms with van der Waals surface area (Å²) in [6, 6.07) is 6.34. The molecule has 0 spiro atoms. The van der Waals surface area contributed by atoms with Crippen LogP contribution in [0.5, 0.6) is 0 Å². The molecule has 5 rings (SSSR count). The monoisotopic (exact) mass is 399 g/mol. The summed E-state index contributed by atoms with van der Waals surface area (Å²) in [7, 11) is 0. The first kappa shape index (κ1) is 15.6. The van der Waals surface area contributed by atoms with E-state index in [1.165, 1.54) is 12.8 Å². The first-order valence-corrected chi connectivity index (χ1v) is 9.92. The summed E-state index contributed by atoms with van der Waals surface area (Å²) in [5.74, 6) is 5.30. The Labute approximate surface area is 156 Å². The van der Waals surface area contributed by atoms with Crippen LogP contribution in [0.2, 0.25) is 0 Å². The highest BCUT2D eigenvalue weighted by Crippen LogP contribution is 2.40. The average Bonchev–Trinajstić information content (AvgIpc) is 3.25. The van der Waals surface area contributed by atoms with Crippen LogP contribution in [-0.4, -0.2) is 41.1 Å². The van der Waals surface area contributed by atoms with Crippen LogP contribution in [0.1, 0.15) is 30.3 Å². The van der Waals surface area contributed by atoms with E-state index >= 15 is 0 Å². The molecule has 0 bridgehead atoms. The van der Waals surface area contributed by atoms with Crippen molar-refractivity contribution < 1.29 is 0 Å². The van der Waals surface area contributed by atoms with Crippen molar-refractivity contribution in [3.63, 3.8) is 0 Å².